The number of anilines is 1. The van der Waals surface area contributed by atoms with Crippen LogP contribution in [0.1, 0.15) is 23.2 Å². The molecule has 2 amide bonds. The van der Waals surface area contributed by atoms with E-state index >= 15 is 0 Å². The van der Waals surface area contributed by atoms with Gasteiger partial charge in [-0.3, -0.25) is 9.59 Å². The van der Waals surface area contributed by atoms with Crippen molar-refractivity contribution in [3.63, 3.8) is 0 Å². The molecule has 31 heavy (non-hydrogen) atoms. The second-order valence-electron chi connectivity index (χ2n) is 7.19. The lowest BCUT2D eigenvalue weighted by Crippen LogP contribution is -2.41. The Hall–Kier alpha value is -3.42. The van der Waals surface area contributed by atoms with Gasteiger partial charge in [0.05, 0.1) is 34.1 Å². The molecule has 0 bridgehead atoms. The average molecular weight is 428 g/mol. The molecule has 1 saturated heterocycles. The Morgan fingerprint density at radius 3 is 2.13 bits per heavy atom. The maximum atomic E-state index is 12.9. The molecule has 3 rings (SSSR count). The Labute approximate surface area is 182 Å². The van der Waals surface area contributed by atoms with Gasteiger partial charge >= 0.3 is 0 Å². The molecule has 1 aliphatic heterocycles. The number of methoxy groups -OCH3 is 4. The number of rotatable bonds is 7. The van der Waals surface area contributed by atoms with Crippen molar-refractivity contribution in [3.05, 3.63) is 42.0 Å². The van der Waals surface area contributed by atoms with Gasteiger partial charge in [-0.05, 0) is 43.2 Å². The van der Waals surface area contributed by atoms with E-state index in [9.17, 15) is 9.59 Å². The van der Waals surface area contributed by atoms with Gasteiger partial charge in [0.2, 0.25) is 5.91 Å². The molecule has 1 N–H and O–H groups in total. The number of carbonyl (C=O) groups excluding carboxylic acids is 2. The zero-order valence-electron chi connectivity index (χ0n) is 18.3. The van der Waals surface area contributed by atoms with E-state index < -0.39 is 0 Å². The van der Waals surface area contributed by atoms with Crippen molar-refractivity contribution in [1.29, 1.82) is 0 Å². The quantitative estimate of drug-likeness (QED) is 0.729. The third kappa shape index (κ3) is 5.02. The van der Waals surface area contributed by atoms with Gasteiger partial charge in [0.25, 0.3) is 5.91 Å². The molecule has 0 unspecified atom stereocenters. The molecular formula is C23H28N2O6. The van der Waals surface area contributed by atoms with Crippen LogP contribution in [0.3, 0.4) is 0 Å². The van der Waals surface area contributed by atoms with Gasteiger partial charge in [0, 0.05) is 30.6 Å². The highest BCUT2D eigenvalue weighted by Crippen LogP contribution is 2.31. The van der Waals surface area contributed by atoms with Gasteiger partial charge in [-0.1, -0.05) is 0 Å². The first-order chi connectivity index (χ1) is 15.0. The monoisotopic (exact) mass is 428 g/mol. The van der Waals surface area contributed by atoms with Gasteiger partial charge in [-0.2, -0.15) is 0 Å². The molecule has 2 aromatic carbocycles. The summed E-state index contributed by atoms with van der Waals surface area (Å²) < 4.78 is 21.0. The molecular weight excluding hydrogens is 400 g/mol. The summed E-state index contributed by atoms with van der Waals surface area (Å²) >= 11 is 0. The molecule has 1 heterocycles. The van der Waals surface area contributed by atoms with E-state index in [1.54, 1.807) is 62.6 Å². The Kier molecular flexibility index (Phi) is 7.23. The van der Waals surface area contributed by atoms with Gasteiger partial charge in [-0.25, -0.2) is 0 Å². The summed E-state index contributed by atoms with van der Waals surface area (Å²) in [5.74, 6) is 1.92. The van der Waals surface area contributed by atoms with Crippen molar-refractivity contribution in [2.24, 2.45) is 5.92 Å². The highest BCUT2D eigenvalue weighted by molar-refractivity contribution is 5.96. The number of piperidine rings is 1. The number of benzene rings is 2. The van der Waals surface area contributed by atoms with Crippen molar-refractivity contribution in [1.82, 2.24) is 4.90 Å². The van der Waals surface area contributed by atoms with Crippen LogP contribution in [0.4, 0.5) is 5.69 Å². The summed E-state index contributed by atoms with van der Waals surface area (Å²) in [6, 6.07) is 10.4. The molecule has 8 heteroatoms. The van der Waals surface area contributed by atoms with Crippen molar-refractivity contribution in [2.45, 2.75) is 12.8 Å². The van der Waals surface area contributed by atoms with Crippen molar-refractivity contribution >= 4 is 17.5 Å². The molecule has 0 saturated carbocycles. The summed E-state index contributed by atoms with van der Waals surface area (Å²) in [4.78, 5) is 27.4. The molecule has 2 aromatic rings. The third-order valence-electron chi connectivity index (χ3n) is 5.45. The molecule has 0 radical (unpaired) electrons. The largest absolute Gasteiger partial charge is 0.497 e. The normalized spacial score (nSPS) is 14.0. The third-order valence-corrected chi connectivity index (χ3v) is 5.45. The Balaban J connectivity index is 1.60. The predicted molar refractivity (Wildman–Crippen MR) is 116 cm³/mol. The summed E-state index contributed by atoms with van der Waals surface area (Å²) in [5, 5.41) is 2.93. The summed E-state index contributed by atoms with van der Waals surface area (Å²) in [5.41, 5.74) is 1.13. The lowest BCUT2D eigenvalue weighted by molar-refractivity contribution is -0.121. The van der Waals surface area contributed by atoms with Gasteiger partial charge in [-0.15, -0.1) is 0 Å². The molecule has 8 nitrogen and oxygen atoms in total. The molecule has 0 spiro atoms. The Bertz CT molecular complexity index is 938. The average Bonchev–Trinajstić information content (AvgIpc) is 2.83. The number of carbonyl (C=O) groups is 2. The fourth-order valence-corrected chi connectivity index (χ4v) is 3.63. The summed E-state index contributed by atoms with van der Waals surface area (Å²) in [6.45, 7) is 1.01. The SMILES string of the molecule is COc1ccc(NC(=O)C2CCN(C(=O)c3ccc(OC)c(OC)c3)CC2)c(OC)c1. The van der Waals surface area contributed by atoms with E-state index in [4.69, 9.17) is 18.9 Å². The number of nitrogens with zero attached hydrogens (tertiary/aromatic N) is 1. The van der Waals surface area contributed by atoms with Crippen molar-refractivity contribution < 1.29 is 28.5 Å². The zero-order chi connectivity index (χ0) is 22.4. The maximum Gasteiger partial charge on any atom is 0.253 e. The number of hydrogen-bond donors (Lipinski definition) is 1. The van der Waals surface area contributed by atoms with Crippen molar-refractivity contribution in [2.75, 3.05) is 46.8 Å². The van der Waals surface area contributed by atoms with Crippen LogP contribution in [-0.4, -0.2) is 58.2 Å². The Morgan fingerprint density at radius 1 is 0.839 bits per heavy atom. The molecule has 0 atom stereocenters. The van der Waals surface area contributed by atoms with Crippen molar-refractivity contribution in [3.8, 4) is 23.0 Å². The number of ether oxygens (including phenoxy) is 4. The molecule has 0 aromatic heterocycles. The fourth-order valence-electron chi connectivity index (χ4n) is 3.63. The van der Waals surface area contributed by atoms with E-state index in [0.29, 0.717) is 60.2 Å². The second kappa shape index (κ2) is 10.1. The van der Waals surface area contributed by atoms with Crippen LogP contribution >= 0.6 is 0 Å². The van der Waals surface area contributed by atoms with Crippen LogP contribution in [0.2, 0.25) is 0 Å². The van der Waals surface area contributed by atoms with Gasteiger partial charge < -0.3 is 29.2 Å². The zero-order valence-corrected chi connectivity index (χ0v) is 18.3. The lowest BCUT2D eigenvalue weighted by Gasteiger charge is -2.31. The van der Waals surface area contributed by atoms with E-state index in [2.05, 4.69) is 5.32 Å². The number of amides is 2. The first-order valence-corrected chi connectivity index (χ1v) is 10.0. The van der Waals surface area contributed by atoms with E-state index in [1.807, 2.05) is 0 Å². The van der Waals surface area contributed by atoms with Gasteiger partial charge in [0.1, 0.15) is 11.5 Å². The highest BCUT2D eigenvalue weighted by Gasteiger charge is 2.28. The first-order valence-electron chi connectivity index (χ1n) is 10.0. The predicted octanol–water partition coefficient (Wildman–Crippen LogP) is 3.21. The second-order valence-corrected chi connectivity index (χ2v) is 7.19. The number of likely N-dealkylation sites (tertiary alicyclic amines) is 1. The lowest BCUT2D eigenvalue weighted by atomic mass is 9.95. The summed E-state index contributed by atoms with van der Waals surface area (Å²) in [7, 11) is 6.21. The summed E-state index contributed by atoms with van der Waals surface area (Å²) in [6.07, 6.45) is 1.17. The smallest absolute Gasteiger partial charge is 0.253 e. The fraction of sp³-hybridized carbons (Fsp3) is 0.391. The van der Waals surface area contributed by atoms with Crippen LogP contribution < -0.4 is 24.3 Å². The number of hydrogen-bond acceptors (Lipinski definition) is 6. The molecule has 0 aliphatic carbocycles. The maximum absolute atomic E-state index is 12.9. The molecule has 166 valence electrons. The minimum atomic E-state index is -0.179. The topological polar surface area (TPSA) is 86.3 Å². The van der Waals surface area contributed by atoms with E-state index in [0.717, 1.165) is 0 Å². The first kappa shape index (κ1) is 22.3. The van der Waals surface area contributed by atoms with Crippen LogP contribution in [0.15, 0.2) is 36.4 Å². The highest BCUT2D eigenvalue weighted by atomic mass is 16.5. The molecule has 1 fully saturated rings. The minimum absolute atomic E-state index is 0.0818. The number of nitrogens with one attached hydrogen (secondary N) is 1. The standard InChI is InChI=1S/C23H28N2O6/c1-28-17-6-7-18(20(14-17)30-3)24-22(26)15-9-11-25(12-10-15)23(27)16-5-8-19(29-2)21(13-16)31-4/h5-8,13-15H,9-12H2,1-4H3,(H,24,26). The van der Waals surface area contributed by atoms with Gasteiger partial charge in [0.15, 0.2) is 11.5 Å². The van der Waals surface area contributed by atoms with Crippen LogP contribution in [0.25, 0.3) is 0 Å². The van der Waals surface area contributed by atoms with E-state index in [1.165, 1.54) is 7.11 Å². The molecule has 1 aliphatic rings. The van der Waals surface area contributed by atoms with Crippen LogP contribution in [0, 0.1) is 5.92 Å². The Morgan fingerprint density at radius 2 is 1.52 bits per heavy atom. The minimum Gasteiger partial charge on any atom is -0.497 e. The van der Waals surface area contributed by atoms with Crippen LogP contribution in [-0.2, 0) is 4.79 Å². The van der Waals surface area contributed by atoms with Crippen LogP contribution in [0.5, 0.6) is 23.0 Å². The van der Waals surface area contributed by atoms with E-state index in [-0.39, 0.29) is 17.7 Å².